The van der Waals surface area contributed by atoms with Gasteiger partial charge < -0.3 is 9.29 Å². The monoisotopic (exact) mass is 136 g/mol. The highest BCUT2D eigenvalue weighted by atomic mass is 32.2. The Labute approximate surface area is 53.4 Å². The number of methoxy groups -OCH3 is 1. The van der Waals surface area contributed by atoms with Crippen LogP contribution in [0.2, 0.25) is 0 Å². The van der Waals surface area contributed by atoms with E-state index in [0.717, 1.165) is 5.75 Å². The maximum absolute atomic E-state index is 10.6. The van der Waals surface area contributed by atoms with Crippen LogP contribution in [0.4, 0.5) is 0 Å². The van der Waals surface area contributed by atoms with Crippen molar-refractivity contribution in [1.82, 2.24) is 0 Å². The first kappa shape index (κ1) is 8.27. The van der Waals surface area contributed by atoms with Crippen LogP contribution in [0, 0.1) is 0 Å². The van der Waals surface area contributed by atoms with Crippen molar-refractivity contribution < 1.29 is 9.29 Å². The van der Waals surface area contributed by atoms with Crippen LogP contribution in [0.15, 0.2) is 0 Å². The lowest BCUT2D eigenvalue weighted by atomic mass is 10.9. The van der Waals surface area contributed by atoms with E-state index in [0.29, 0.717) is 12.4 Å². The molecule has 0 spiro atoms. The summed E-state index contributed by atoms with van der Waals surface area (Å²) in [7, 11) is 1.62. The zero-order valence-electron chi connectivity index (χ0n) is 5.35. The highest BCUT2D eigenvalue weighted by Gasteiger charge is 1.98. The molecule has 0 aromatic rings. The number of hydrogen-bond acceptors (Lipinski definition) is 2. The Bertz CT molecular complexity index is 49.7. The molecule has 0 radical (unpaired) electrons. The van der Waals surface area contributed by atoms with Crippen molar-refractivity contribution in [2.45, 2.75) is 6.92 Å². The minimum Gasteiger partial charge on any atom is -0.616 e. The van der Waals surface area contributed by atoms with Gasteiger partial charge in [0, 0.05) is 7.11 Å². The highest BCUT2D eigenvalue weighted by molar-refractivity contribution is 7.91. The fourth-order valence-corrected chi connectivity index (χ4v) is 0.962. The first-order chi connectivity index (χ1) is 3.81. The molecule has 8 heavy (non-hydrogen) atoms. The molecule has 50 valence electrons. The predicted molar refractivity (Wildman–Crippen MR) is 35.4 cm³/mol. The number of rotatable bonds is 4. The lowest BCUT2D eigenvalue weighted by Gasteiger charge is -2.05. The SMILES string of the molecule is CC[S+]([O-])CCOC. The van der Waals surface area contributed by atoms with Crippen LogP contribution in [0.3, 0.4) is 0 Å². The van der Waals surface area contributed by atoms with E-state index < -0.39 is 11.2 Å². The summed E-state index contributed by atoms with van der Waals surface area (Å²) in [6.45, 7) is 2.52. The summed E-state index contributed by atoms with van der Waals surface area (Å²) in [5, 5.41) is 0. The zero-order chi connectivity index (χ0) is 6.41. The van der Waals surface area contributed by atoms with Gasteiger partial charge in [0.15, 0.2) is 0 Å². The van der Waals surface area contributed by atoms with Crippen molar-refractivity contribution in [2.75, 3.05) is 25.2 Å². The van der Waals surface area contributed by atoms with Crippen molar-refractivity contribution in [1.29, 1.82) is 0 Å². The Morgan fingerprint density at radius 3 is 2.62 bits per heavy atom. The third-order valence-corrected chi connectivity index (χ3v) is 2.10. The van der Waals surface area contributed by atoms with Crippen LogP contribution in [0.5, 0.6) is 0 Å². The fraction of sp³-hybridized carbons (Fsp3) is 1.00. The van der Waals surface area contributed by atoms with Crippen molar-refractivity contribution in [3.05, 3.63) is 0 Å². The van der Waals surface area contributed by atoms with Gasteiger partial charge in [-0.1, -0.05) is 11.2 Å². The molecule has 1 atom stereocenters. The Balaban J connectivity index is 2.86. The first-order valence-corrected chi connectivity index (χ1v) is 4.14. The molecule has 0 aliphatic heterocycles. The normalized spacial score (nSPS) is 13.9. The third-order valence-electron chi connectivity index (χ3n) is 0.837. The van der Waals surface area contributed by atoms with E-state index in [1.807, 2.05) is 6.92 Å². The molecule has 0 rings (SSSR count). The van der Waals surface area contributed by atoms with E-state index in [4.69, 9.17) is 4.74 Å². The first-order valence-electron chi connectivity index (χ1n) is 2.65. The summed E-state index contributed by atoms with van der Waals surface area (Å²) in [5.74, 6) is 1.41. The molecular formula is C5H12O2S. The number of hydrogen-bond donors (Lipinski definition) is 0. The quantitative estimate of drug-likeness (QED) is 0.524. The van der Waals surface area contributed by atoms with E-state index >= 15 is 0 Å². The average molecular weight is 136 g/mol. The second-order valence-corrected chi connectivity index (χ2v) is 3.29. The largest absolute Gasteiger partial charge is 0.616 e. The van der Waals surface area contributed by atoms with Gasteiger partial charge >= 0.3 is 0 Å². The molecule has 0 fully saturated rings. The van der Waals surface area contributed by atoms with Gasteiger partial charge in [0.2, 0.25) is 0 Å². The number of ether oxygens (including phenoxy) is 1. The molecular weight excluding hydrogens is 124 g/mol. The van der Waals surface area contributed by atoms with Crippen molar-refractivity contribution in [3.63, 3.8) is 0 Å². The summed E-state index contributed by atoms with van der Waals surface area (Å²) in [4.78, 5) is 0. The Hall–Kier alpha value is 0.270. The molecule has 0 aromatic carbocycles. The zero-order valence-corrected chi connectivity index (χ0v) is 6.16. The second kappa shape index (κ2) is 5.41. The molecule has 0 N–H and O–H groups in total. The minimum absolute atomic E-state index is 0.612. The molecule has 0 aliphatic carbocycles. The standard InChI is InChI=1S/C5H12O2S/c1-3-8(6)5-4-7-2/h3-5H2,1-2H3. The van der Waals surface area contributed by atoms with Gasteiger partial charge in [-0.3, -0.25) is 0 Å². The van der Waals surface area contributed by atoms with Gasteiger partial charge in [0.05, 0.1) is 6.61 Å². The van der Waals surface area contributed by atoms with Crippen molar-refractivity contribution in [3.8, 4) is 0 Å². The summed E-state index contributed by atoms with van der Waals surface area (Å²) in [6, 6.07) is 0. The maximum atomic E-state index is 10.6. The van der Waals surface area contributed by atoms with Crippen LogP contribution >= 0.6 is 0 Å². The van der Waals surface area contributed by atoms with Crippen molar-refractivity contribution >= 4 is 11.2 Å². The smallest absolute Gasteiger partial charge is 0.128 e. The maximum Gasteiger partial charge on any atom is 0.128 e. The van der Waals surface area contributed by atoms with Crippen LogP contribution in [0.1, 0.15) is 6.92 Å². The molecule has 0 heterocycles. The van der Waals surface area contributed by atoms with Gasteiger partial charge in [-0.15, -0.1) is 0 Å². The Kier molecular flexibility index (Phi) is 5.59. The molecule has 0 aromatic heterocycles. The van der Waals surface area contributed by atoms with E-state index in [9.17, 15) is 4.55 Å². The Morgan fingerprint density at radius 1 is 1.62 bits per heavy atom. The topological polar surface area (TPSA) is 32.3 Å². The minimum atomic E-state index is -0.652. The van der Waals surface area contributed by atoms with Crippen LogP contribution < -0.4 is 0 Å². The van der Waals surface area contributed by atoms with Gasteiger partial charge in [0.1, 0.15) is 11.5 Å². The summed E-state index contributed by atoms with van der Waals surface area (Å²) in [5.41, 5.74) is 0. The van der Waals surface area contributed by atoms with E-state index in [1.165, 1.54) is 0 Å². The predicted octanol–water partition coefficient (Wildman–Crippen LogP) is 0.401. The molecule has 0 saturated heterocycles. The summed E-state index contributed by atoms with van der Waals surface area (Å²) < 4.78 is 15.3. The molecule has 3 heteroatoms. The highest BCUT2D eigenvalue weighted by Crippen LogP contribution is 1.87. The average Bonchev–Trinajstić information content (AvgIpc) is 1.83. The summed E-state index contributed by atoms with van der Waals surface area (Å²) >= 11 is -0.652. The molecule has 0 saturated carbocycles. The fourth-order valence-electron chi connectivity index (χ4n) is 0.321. The summed E-state index contributed by atoms with van der Waals surface area (Å²) in [6.07, 6.45) is 0. The van der Waals surface area contributed by atoms with Gasteiger partial charge in [-0.2, -0.15) is 0 Å². The molecule has 1 unspecified atom stereocenters. The lowest BCUT2D eigenvalue weighted by molar-refractivity contribution is 0.217. The van der Waals surface area contributed by atoms with Gasteiger partial charge in [-0.05, 0) is 6.92 Å². The third kappa shape index (κ3) is 4.43. The second-order valence-electron chi connectivity index (χ2n) is 1.43. The molecule has 2 nitrogen and oxygen atoms in total. The van der Waals surface area contributed by atoms with Crippen LogP contribution in [-0.2, 0) is 15.9 Å². The van der Waals surface area contributed by atoms with E-state index in [-0.39, 0.29) is 0 Å². The Morgan fingerprint density at radius 2 is 2.25 bits per heavy atom. The molecule has 0 bridgehead atoms. The lowest BCUT2D eigenvalue weighted by Crippen LogP contribution is -2.12. The molecule has 0 aliphatic rings. The van der Waals surface area contributed by atoms with Gasteiger partial charge in [-0.25, -0.2) is 0 Å². The van der Waals surface area contributed by atoms with Crippen molar-refractivity contribution in [2.24, 2.45) is 0 Å². The van der Waals surface area contributed by atoms with E-state index in [2.05, 4.69) is 0 Å². The van der Waals surface area contributed by atoms with Gasteiger partial charge in [0.25, 0.3) is 0 Å². The molecule has 0 amide bonds. The van der Waals surface area contributed by atoms with Crippen LogP contribution in [-0.4, -0.2) is 29.8 Å². The van der Waals surface area contributed by atoms with Crippen LogP contribution in [0.25, 0.3) is 0 Å². The van der Waals surface area contributed by atoms with E-state index in [1.54, 1.807) is 7.11 Å².